The zero-order valence-electron chi connectivity index (χ0n) is 21.7. The zero-order chi connectivity index (χ0) is 27.5. The molecule has 2 aromatic heterocycles. The molecule has 39 heavy (non-hydrogen) atoms. The van der Waals surface area contributed by atoms with Crippen LogP contribution in [-0.4, -0.2) is 54.1 Å². The molecule has 1 saturated carbocycles. The van der Waals surface area contributed by atoms with Gasteiger partial charge in [-0.2, -0.15) is 0 Å². The summed E-state index contributed by atoms with van der Waals surface area (Å²) in [7, 11) is -3.66. The lowest BCUT2D eigenvalue weighted by molar-refractivity contribution is 0.0694. The average Bonchev–Trinajstić information content (AvgIpc) is 3.61. The number of pyridine rings is 1. The Bertz CT molecular complexity index is 1640. The maximum Gasteiger partial charge on any atom is 0.420 e. The van der Waals surface area contributed by atoms with Gasteiger partial charge in [0.1, 0.15) is 11.6 Å². The van der Waals surface area contributed by atoms with Crippen molar-refractivity contribution in [1.29, 1.82) is 0 Å². The summed E-state index contributed by atoms with van der Waals surface area (Å²) in [4.78, 5) is 38.6. The van der Waals surface area contributed by atoms with E-state index in [0.29, 0.717) is 46.9 Å². The van der Waals surface area contributed by atoms with Gasteiger partial charge in [0.2, 0.25) is 0 Å². The first-order chi connectivity index (χ1) is 18.6. The van der Waals surface area contributed by atoms with Crippen molar-refractivity contribution in [2.24, 2.45) is 5.92 Å². The van der Waals surface area contributed by atoms with E-state index in [1.165, 1.54) is 22.5 Å². The van der Waals surface area contributed by atoms with Gasteiger partial charge in [0.15, 0.2) is 15.0 Å². The normalized spacial score (nSPS) is 17.8. The van der Waals surface area contributed by atoms with E-state index in [0.717, 1.165) is 35.2 Å². The topological polar surface area (TPSA) is 122 Å². The predicted molar refractivity (Wildman–Crippen MR) is 148 cm³/mol. The molecule has 0 bridgehead atoms. The van der Waals surface area contributed by atoms with Gasteiger partial charge in [-0.05, 0) is 74.1 Å². The Morgan fingerprint density at radius 2 is 1.97 bits per heavy atom. The fourth-order valence-electron chi connectivity index (χ4n) is 5.08. The number of carbonyl (C=O) groups excluding carboxylic acids is 2. The number of carbonyl (C=O) groups is 2. The standard InChI is InChI=1S/C27H27N5O5S2/c1-15-24(38-26(28-15)30-21-6-4-7-22(29-21)31-10-5-11-37-27(31)34)18-12-19-14-32(16(2)17-8-9-17)25(33)23(19)20(13-18)39(3,35)36/h4-7,11-13,16-17H,8-10,14H2,1-3H3,(H,28,29,30)/t16-/m0/s1. The summed E-state index contributed by atoms with van der Waals surface area (Å²) >= 11 is 1.37. The van der Waals surface area contributed by atoms with E-state index in [1.54, 1.807) is 35.2 Å². The highest BCUT2D eigenvalue weighted by atomic mass is 32.2. The number of nitrogens with one attached hydrogen (secondary N) is 1. The van der Waals surface area contributed by atoms with Crippen LogP contribution in [0.3, 0.4) is 0 Å². The maximum absolute atomic E-state index is 13.3. The lowest BCUT2D eigenvalue weighted by Crippen LogP contribution is -2.35. The van der Waals surface area contributed by atoms with Crippen LogP contribution in [0.5, 0.6) is 0 Å². The third-order valence-electron chi connectivity index (χ3n) is 7.27. The number of amides is 2. The highest BCUT2D eigenvalue weighted by Crippen LogP contribution is 2.42. The van der Waals surface area contributed by atoms with E-state index in [1.807, 2.05) is 19.9 Å². The number of ether oxygens (including phenoxy) is 1. The molecule has 1 fully saturated rings. The second-order valence-electron chi connectivity index (χ2n) is 10.1. The second-order valence-corrected chi connectivity index (χ2v) is 13.1. The van der Waals surface area contributed by atoms with Crippen molar-refractivity contribution < 1.29 is 22.7 Å². The lowest BCUT2D eigenvalue weighted by atomic mass is 10.0. The summed E-state index contributed by atoms with van der Waals surface area (Å²) in [5, 5.41) is 3.76. The minimum Gasteiger partial charge on any atom is -0.418 e. The molecule has 2 amide bonds. The Labute approximate surface area is 230 Å². The number of hydrogen-bond acceptors (Lipinski definition) is 9. The van der Waals surface area contributed by atoms with E-state index in [4.69, 9.17) is 4.74 Å². The number of thiazole rings is 1. The largest absolute Gasteiger partial charge is 0.420 e. The van der Waals surface area contributed by atoms with Crippen molar-refractivity contribution >= 4 is 49.9 Å². The summed E-state index contributed by atoms with van der Waals surface area (Å²) in [6.07, 6.45) is 5.91. The molecule has 1 N–H and O–H groups in total. The van der Waals surface area contributed by atoms with Crippen LogP contribution in [-0.2, 0) is 21.1 Å². The second kappa shape index (κ2) is 9.45. The van der Waals surface area contributed by atoms with E-state index in [-0.39, 0.29) is 16.8 Å². The van der Waals surface area contributed by atoms with Gasteiger partial charge in [-0.1, -0.05) is 17.4 Å². The SMILES string of the molecule is Cc1nc(Nc2cccc(N3CC=COC3=O)n2)sc1-c1cc2c(c(S(C)(=O)=O)c1)C(=O)N([C@@H](C)C1CC1)C2. The van der Waals surface area contributed by atoms with Crippen molar-refractivity contribution in [1.82, 2.24) is 14.9 Å². The summed E-state index contributed by atoms with van der Waals surface area (Å²) in [6.45, 7) is 4.66. The zero-order valence-corrected chi connectivity index (χ0v) is 23.3. The Balaban J connectivity index is 1.32. The minimum atomic E-state index is -3.66. The lowest BCUT2D eigenvalue weighted by Gasteiger charge is -2.24. The number of sulfone groups is 1. The molecule has 4 heterocycles. The van der Waals surface area contributed by atoms with Gasteiger partial charge in [-0.15, -0.1) is 0 Å². The van der Waals surface area contributed by atoms with Crippen LogP contribution in [0.1, 0.15) is 41.4 Å². The van der Waals surface area contributed by atoms with Crippen molar-refractivity contribution in [2.75, 3.05) is 23.0 Å². The molecule has 0 unspecified atom stereocenters. The van der Waals surface area contributed by atoms with Crippen molar-refractivity contribution in [3.05, 3.63) is 59.5 Å². The first kappa shape index (κ1) is 25.5. The molecule has 10 nitrogen and oxygen atoms in total. The molecule has 2 aliphatic heterocycles. The smallest absolute Gasteiger partial charge is 0.418 e. The van der Waals surface area contributed by atoms with Gasteiger partial charge in [0, 0.05) is 18.8 Å². The number of nitrogens with zero attached hydrogens (tertiary/aromatic N) is 4. The van der Waals surface area contributed by atoms with Gasteiger partial charge in [0.05, 0.1) is 33.8 Å². The van der Waals surface area contributed by atoms with E-state index >= 15 is 0 Å². The van der Waals surface area contributed by atoms with Crippen molar-refractivity contribution in [3.8, 4) is 10.4 Å². The molecule has 3 aliphatic rings. The molecule has 0 spiro atoms. The fourth-order valence-corrected chi connectivity index (χ4v) is 6.97. The van der Waals surface area contributed by atoms with Crippen molar-refractivity contribution in [3.63, 3.8) is 0 Å². The number of benzene rings is 1. The summed E-state index contributed by atoms with van der Waals surface area (Å²) in [5.74, 6) is 1.20. The average molecular weight is 566 g/mol. The third-order valence-corrected chi connectivity index (χ3v) is 9.52. The Kier molecular flexibility index (Phi) is 6.18. The number of anilines is 3. The highest BCUT2D eigenvalue weighted by molar-refractivity contribution is 7.90. The highest BCUT2D eigenvalue weighted by Gasteiger charge is 2.41. The monoisotopic (exact) mass is 565 g/mol. The van der Waals surface area contributed by atoms with Crippen LogP contribution < -0.4 is 10.2 Å². The Hall–Kier alpha value is -3.77. The molecule has 1 atom stereocenters. The number of hydrogen-bond donors (Lipinski definition) is 1. The molecule has 1 aliphatic carbocycles. The van der Waals surface area contributed by atoms with E-state index in [9.17, 15) is 18.0 Å². The molecular weight excluding hydrogens is 538 g/mol. The first-order valence-corrected chi connectivity index (χ1v) is 15.3. The van der Waals surface area contributed by atoms with Crippen LogP contribution >= 0.6 is 11.3 Å². The minimum absolute atomic E-state index is 0.0599. The van der Waals surface area contributed by atoms with Crippen LogP contribution in [0.4, 0.5) is 21.6 Å². The summed E-state index contributed by atoms with van der Waals surface area (Å²) in [6, 6.07) is 8.85. The van der Waals surface area contributed by atoms with Gasteiger partial charge in [-0.25, -0.2) is 23.2 Å². The number of aromatic nitrogens is 2. The van der Waals surface area contributed by atoms with Gasteiger partial charge >= 0.3 is 6.09 Å². The van der Waals surface area contributed by atoms with Crippen LogP contribution in [0.25, 0.3) is 10.4 Å². The molecule has 12 heteroatoms. The molecule has 202 valence electrons. The molecule has 1 aromatic carbocycles. The number of aryl methyl sites for hydroxylation is 1. The van der Waals surface area contributed by atoms with Crippen LogP contribution in [0.2, 0.25) is 0 Å². The molecule has 0 radical (unpaired) electrons. The maximum atomic E-state index is 13.3. The molecule has 6 rings (SSSR count). The van der Waals surface area contributed by atoms with Gasteiger partial charge in [0.25, 0.3) is 5.91 Å². The van der Waals surface area contributed by atoms with E-state index in [2.05, 4.69) is 15.3 Å². The quantitative estimate of drug-likeness (QED) is 0.430. The van der Waals surface area contributed by atoms with Crippen LogP contribution in [0.15, 0.2) is 47.6 Å². The van der Waals surface area contributed by atoms with Gasteiger partial charge < -0.3 is 15.0 Å². The first-order valence-electron chi connectivity index (χ1n) is 12.6. The Morgan fingerprint density at radius 1 is 1.18 bits per heavy atom. The fraction of sp³-hybridized carbons (Fsp3) is 0.333. The number of cyclic esters (lactones) is 1. The molecule has 3 aromatic rings. The number of fused-ring (bicyclic) bond motifs is 1. The molecule has 0 saturated heterocycles. The van der Waals surface area contributed by atoms with Gasteiger partial charge in [-0.3, -0.25) is 9.69 Å². The number of rotatable bonds is 7. The summed E-state index contributed by atoms with van der Waals surface area (Å²) < 4.78 is 30.6. The third kappa shape index (κ3) is 4.78. The summed E-state index contributed by atoms with van der Waals surface area (Å²) in [5.41, 5.74) is 2.44. The molecular formula is C27H27N5O5S2. The van der Waals surface area contributed by atoms with Crippen LogP contribution in [0, 0.1) is 12.8 Å². The Morgan fingerprint density at radius 3 is 2.69 bits per heavy atom. The predicted octanol–water partition coefficient (Wildman–Crippen LogP) is 4.89. The van der Waals surface area contributed by atoms with E-state index < -0.39 is 15.9 Å². The van der Waals surface area contributed by atoms with Crippen molar-refractivity contribution in [2.45, 2.75) is 44.2 Å².